The van der Waals surface area contributed by atoms with Crippen molar-refractivity contribution in [2.45, 2.75) is 63.7 Å². The largest absolute Gasteiger partial charge is 0.444 e. The van der Waals surface area contributed by atoms with Gasteiger partial charge in [0.1, 0.15) is 11.4 Å². The van der Waals surface area contributed by atoms with Crippen molar-refractivity contribution in [1.82, 2.24) is 20.7 Å². The number of β-amino-alcohol motifs (C(OH)–C–C–N with tert-alkyl or cyclic N) is 1. The van der Waals surface area contributed by atoms with Gasteiger partial charge in [0.05, 0.1) is 18.6 Å². The molecule has 2 heterocycles. The minimum atomic E-state index is -0.791. The number of benzene rings is 1. The van der Waals surface area contributed by atoms with Crippen molar-refractivity contribution in [3.63, 3.8) is 0 Å². The van der Waals surface area contributed by atoms with Gasteiger partial charge >= 0.3 is 6.09 Å². The fourth-order valence-electron chi connectivity index (χ4n) is 3.95. The Balaban J connectivity index is 1.53. The van der Waals surface area contributed by atoms with Crippen LogP contribution >= 0.6 is 23.8 Å². The predicted octanol–water partition coefficient (Wildman–Crippen LogP) is 2.93. The number of hydrogen-bond acceptors (Lipinski definition) is 5. The van der Waals surface area contributed by atoms with Gasteiger partial charge in [-0.1, -0.05) is 17.7 Å². The maximum absolute atomic E-state index is 13.4. The van der Waals surface area contributed by atoms with E-state index in [-0.39, 0.29) is 41.1 Å². The number of aliphatic hydroxyl groups is 1. The van der Waals surface area contributed by atoms with Gasteiger partial charge in [-0.15, -0.1) is 0 Å². The van der Waals surface area contributed by atoms with Crippen molar-refractivity contribution in [3.05, 3.63) is 34.6 Å². The van der Waals surface area contributed by atoms with Gasteiger partial charge in [0.15, 0.2) is 5.11 Å². The number of likely N-dealkylation sites (tertiary alicyclic amines) is 1. The van der Waals surface area contributed by atoms with Crippen LogP contribution in [0.2, 0.25) is 5.02 Å². The molecule has 1 aromatic carbocycles. The molecule has 0 aromatic heterocycles. The number of halogens is 2. The highest BCUT2D eigenvalue weighted by molar-refractivity contribution is 7.80. The fraction of sp³-hybridized carbons (Fsp3) is 0.591. The average Bonchev–Trinajstić information content (AvgIpc) is 2.70. The SMILES string of the molecule is CC(C)(C)OC(=O)N1CCC(NC(=S)NN2CC(O)CC(c3ccc(F)cc3Cl)C2=O)CC1. The maximum Gasteiger partial charge on any atom is 0.410 e. The van der Waals surface area contributed by atoms with Gasteiger partial charge in [-0.05, 0) is 69.9 Å². The minimum Gasteiger partial charge on any atom is -0.444 e. The molecule has 2 amide bonds. The number of hydrogen-bond donors (Lipinski definition) is 3. The second kappa shape index (κ2) is 10.4. The Kier molecular flexibility index (Phi) is 8.02. The maximum atomic E-state index is 13.4. The molecule has 11 heteroatoms. The van der Waals surface area contributed by atoms with Gasteiger partial charge in [-0.25, -0.2) is 9.18 Å². The number of carbonyl (C=O) groups excluding carboxylic acids is 2. The zero-order chi connectivity index (χ0) is 24.3. The van der Waals surface area contributed by atoms with Gasteiger partial charge in [0, 0.05) is 24.2 Å². The Morgan fingerprint density at radius 1 is 1.30 bits per heavy atom. The molecule has 0 radical (unpaired) electrons. The molecule has 2 aliphatic rings. The summed E-state index contributed by atoms with van der Waals surface area (Å²) in [6.07, 6.45) is 0.406. The first kappa shape index (κ1) is 25.5. The lowest BCUT2D eigenvalue weighted by Gasteiger charge is -2.37. The summed E-state index contributed by atoms with van der Waals surface area (Å²) in [6, 6.07) is 3.88. The molecule has 2 saturated heterocycles. The second-order valence-corrected chi connectivity index (χ2v) is 10.2. The van der Waals surface area contributed by atoms with Crippen molar-refractivity contribution in [2.75, 3.05) is 19.6 Å². The Hall–Kier alpha value is -2.17. The summed E-state index contributed by atoms with van der Waals surface area (Å²) < 4.78 is 18.8. The molecule has 0 aliphatic carbocycles. The summed E-state index contributed by atoms with van der Waals surface area (Å²) in [5.74, 6) is -1.52. The minimum absolute atomic E-state index is 0.0239. The van der Waals surface area contributed by atoms with Crippen molar-refractivity contribution in [3.8, 4) is 0 Å². The van der Waals surface area contributed by atoms with Crippen LogP contribution in [0.5, 0.6) is 0 Å². The molecule has 0 saturated carbocycles. The van der Waals surface area contributed by atoms with Crippen molar-refractivity contribution in [1.29, 1.82) is 0 Å². The van der Waals surface area contributed by atoms with E-state index in [2.05, 4.69) is 10.7 Å². The third-order valence-electron chi connectivity index (χ3n) is 5.52. The van der Waals surface area contributed by atoms with Crippen LogP contribution in [-0.2, 0) is 9.53 Å². The predicted molar refractivity (Wildman–Crippen MR) is 126 cm³/mol. The number of aliphatic hydroxyl groups excluding tert-OH is 1. The first-order chi connectivity index (χ1) is 15.4. The number of ether oxygens (including phenoxy) is 1. The summed E-state index contributed by atoms with van der Waals surface area (Å²) >= 11 is 11.5. The highest BCUT2D eigenvalue weighted by Crippen LogP contribution is 2.33. The van der Waals surface area contributed by atoms with Crippen LogP contribution in [0.15, 0.2) is 18.2 Å². The molecular weight excluding hydrogens is 471 g/mol. The lowest BCUT2D eigenvalue weighted by atomic mass is 9.89. The van der Waals surface area contributed by atoms with Crippen LogP contribution in [-0.4, -0.2) is 69.5 Å². The molecular formula is C22H30ClFN4O4S. The van der Waals surface area contributed by atoms with E-state index in [0.29, 0.717) is 31.5 Å². The monoisotopic (exact) mass is 500 g/mol. The highest BCUT2D eigenvalue weighted by Gasteiger charge is 2.36. The summed E-state index contributed by atoms with van der Waals surface area (Å²) in [5, 5.41) is 15.1. The first-order valence-electron chi connectivity index (χ1n) is 10.9. The summed E-state index contributed by atoms with van der Waals surface area (Å²) in [5.41, 5.74) is 2.78. The van der Waals surface area contributed by atoms with Gasteiger partial charge in [0.2, 0.25) is 5.91 Å². The standard InChI is InChI=1S/C22H30ClFN4O4S/c1-22(2,3)32-21(31)27-8-6-14(7-9-27)25-20(33)26-28-12-15(29)11-17(19(28)30)16-5-4-13(24)10-18(16)23/h4-5,10,14-15,17,29H,6-9,11-12H2,1-3H3,(H2,25,26,33). The third-order valence-corrected chi connectivity index (χ3v) is 6.06. The van der Waals surface area contributed by atoms with Gasteiger partial charge in [0.25, 0.3) is 0 Å². The van der Waals surface area contributed by atoms with E-state index in [0.717, 1.165) is 6.07 Å². The molecule has 8 nitrogen and oxygen atoms in total. The van der Waals surface area contributed by atoms with Crippen LogP contribution in [0.25, 0.3) is 0 Å². The lowest BCUT2D eigenvalue weighted by molar-refractivity contribution is -0.141. The van der Waals surface area contributed by atoms with Crippen molar-refractivity contribution in [2.24, 2.45) is 0 Å². The Bertz CT molecular complexity index is 905. The second-order valence-electron chi connectivity index (χ2n) is 9.38. The number of carbonyl (C=O) groups is 2. The molecule has 2 unspecified atom stereocenters. The first-order valence-corrected chi connectivity index (χ1v) is 11.7. The molecule has 3 N–H and O–H groups in total. The number of amides is 2. The third kappa shape index (κ3) is 6.91. The normalized spacial score (nSPS) is 22.2. The van der Waals surface area contributed by atoms with Crippen molar-refractivity contribution < 1.29 is 23.8 Å². The molecule has 33 heavy (non-hydrogen) atoms. The van der Waals surface area contributed by atoms with Crippen LogP contribution in [0.3, 0.4) is 0 Å². The molecule has 2 fully saturated rings. The molecule has 1 aromatic rings. The highest BCUT2D eigenvalue weighted by atomic mass is 35.5. The summed E-state index contributed by atoms with van der Waals surface area (Å²) in [4.78, 5) is 26.9. The van der Waals surface area contributed by atoms with E-state index in [1.807, 2.05) is 20.8 Å². The van der Waals surface area contributed by atoms with Crippen LogP contribution in [0.1, 0.15) is 51.5 Å². The average molecular weight is 501 g/mol. The Morgan fingerprint density at radius 3 is 2.58 bits per heavy atom. The molecule has 3 rings (SSSR count). The topological polar surface area (TPSA) is 94.1 Å². The van der Waals surface area contributed by atoms with Gasteiger partial charge < -0.3 is 20.1 Å². The van der Waals surface area contributed by atoms with Gasteiger partial charge in [-0.2, -0.15) is 0 Å². The Labute approximate surface area is 203 Å². The number of thiocarbonyl (C=S) groups is 1. The smallest absolute Gasteiger partial charge is 0.410 e. The number of nitrogens with zero attached hydrogens (tertiary/aromatic N) is 2. The number of rotatable bonds is 3. The van der Waals surface area contributed by atoms with Crippen LogP contribution in [0, 0.1) is 5.82 Å². The van der Waals surface area contributed by atoms with E-state index >= 15 is 0 Å². The molecule has 2 aliphatic heterocycles. The van der Waals surface area contributed by atoms with E-state index in [1.54, 1.807) is 4.90 Å². The Morgan fingerprint density at radius 2 is 1.97 bits per heavy atom. The summed E-state index contributed by atoms with van der Waals surface area (Å²) in [7, 11) is 0. The zero-order valence-corrected chi connectivity index (χ0v) is 20.5. The quantitative estimate of drug-likeness (QED) is 0.549. The number of nitrogens with one attached hydrogen (secondary N) is 2. The van der Waals surface area contributed by atoms with Crippen LogP contribution < -0.4 is 10.7 Å². The van der Waals surface area contributed by atoms with Crippen LogP contribution in [0.4, 0.5) is 9.18 Å². The molecule has 182 valence electrons. The molecule has 0 bridgehead atoms. The van der Waals surface area contributed by atoms with Crippen molar-refractivity contribution >= 4 is 40.9 Å². The van der Waals surface area contributed by atoms with E-state index < -0.39 is 23.4 Å². The zero-order valence-electron chi connectivity index (χ0n) is 18.9. The van der Waals surface area contributed by atoms with Gasteiger partial charge in [-0.3, -0.25) is 15.2 Å². The fourth-order valence-corrected chi connectivity index (χ4v) is 4.53. The molecule has 2 atom stereocenters. The van der Waals surface area contributed by atoms with E-state index in [9.17, 15) is 19.1 Å². The summed E-state index contributed by atoms with van der Waals surface area (Å²) in [6.45, 7) is 6.61. The lowest BCUT2D eigenvalue weighted by Crippen LogP contribution is -2.58. The number of hydrazine groups is 1. The molecule has 0 spiro atoms. The number of piperidine rings is 2. The van der Waals surface area contributed by atoms with E-state index in [4.69, 9.17) is 28.6 Å². The van der Waals surface area contributed by atoms with E-state index in [1.165, 1.54) is 17.1 Å².